The Morgan fingerprint density at radius 2 is 1.65 bits per heavy atom. The van der Waals surface area contributed by atoms with Crippen LogP contribution in [0.3, 0.4) is 0 Å². The summed E-state index contributed by atoms with van der Waals surface area (Å²) >= 11 is 0. The van der Waals surface area contributed by atoms with Crippen molar-refractivity contribution >= 4 is 12.2 Å². The zero-order chi connectivity index (χ0) is 24.1. The van der Waals surface area contributed by atoms with E-state index in [0.29, 0.717) is 18.5 Å². The van der Waals surface area contributed by atoms with Crippen LogP contribution in [-0.2, 0) is 10.9 Å². The van der Waals surface area contributed by atoms with Crippen LogP contribution in [0.25, 0.3) is 17.2 Å². The molecule has 7 heteroatoms. The molecule has 0 unspecified atom stereocenters. The number of rotatable bonds is 7. The lowest BCUT2D eigenvalue weighted by Crippen LogP contribution is -2.26. The Balaban J connectivity index is 1.27. The first-order valence-corrected chi connectivity index (χ1v) is 10.9. The van der Waals surface area contributed by atoms with Crippen LogP contribution in [0.1, 0.15) is 34.6 Å². The molecule has 3 aromatic carbocycles. The molecule has 1 aliphatic rings. The van der Waals surface area contributed by atoms with E-state index in [4.69, 9.17) is 9.47 Å². The second-order valence-corrected chi connectivity index (χ2v) is 7.90. The van der Waals surface area contributed by atoms with Gasteiger partial charge in [0.05, 0.1) is 12.7 Å². The Bertz CT molecular complexity index is 1160. The summed E-state index contributed by atoms with van der Waals surface area (Å²) in [5.41, 5.74) is 4.38. The summed E-state index contributed by atoms with van der Waals surface area (Å²) in [5, 5.41) is 2.71. The number of nitrogens with one attached hydrogen (secondary N) is 1. The molecule has 0 aliphatic heterocycles. The van der Waals surface area contributed by atoms with Crippen LogP contribution in [-0.4, -0.2) is 26.4 Å². The molecule has 0 aromatic heterocycles. The van der Waals surface area contributed by atoms with Gasteiger partial charge in [0.2, 0.25) is 0 Å². The van der Waals surface area contributed by atoms with Crippen molar-refractivity contribution in [3.63, 3.8) is 0 Å². The molecule has 1 aliphatic carbocycles. The lowest BCUT2D eigenvalue weighted by Gasteiger charge is -2.14. The van der Waals surface area contributed by atoms with E-state index in [-0.39, 0.29) is 18.3 Å². The Labute approximate surface area is 196 Å². The summed E-state index contributed by atoms with van der Waals surface area (Å²) < 4.78 is 49.2. The van der Waals surface area contributed by atoms with Crippen molar-refractivity contribution in [1.29, 1.82) is 0 Å². The Kier molecular flexibility index (Phi) is 6.91. The summed E-state index contributed by atoms with van der Waals surface area (Å²) in [4.78, 5) is 12.2. The molecule has 4 rings (SSSR count). The summed E-state index contributed by atoms with van der Waals surface area (Å²) in [5.74, 6) is -0.237. The van der Waals surface area contributed by atoms with Crippen molar-refractivity contribution < 1.29 is 27.4 Å². The van der Waals surface area contributed by atoms with E-state index >= 15 is 0 Å². The molecule has 0 bridgehead atoms. The smallest absolute Gasteiger partial charge is 0.419 e. The van der Waals surface area contributed by atoms with Crippen molar-refractivity contribution in [1.82, 2.24) is 5.32 Å². The van der Waals surface area contributed by atoms with Crippen molar-refractivity contribution in [3.8, 4) is 16.9 Å². The standard InChI is InChI=1S/C27H24F3NO3/c1-33-25-16-18(13-14-24(25)27(28,29)30)8-6-7-15-31-26(32)34-17-23-21-11-4-2-9-19(21)20-10-3-5-12-22(20)23/h2-6,8-14,16,23H,7,15,17H2,1H3,(H,31,32). The zero-order valence-electron chi connectivity index (χ0n) is 18.6. The molecule has 0 fully saturated rings. The number of fused-ring (bicyclic) bond motifs is 3. The van der Waals surface area contributed by atoms with E-state index < -0.39 is 17.8 Å². The van der Waals surface area contributed by atoms with E-state index in [1.165, 1.54) is 19.2 Å². The SMILES string of the molecule is COc1cc(C=CCCNC(=O)OCC2c3ccccc3-c3ccccc32)ccc1C(F)(F)F. The third-order valence-electron chi connectivity index (χ3n) is 5.77. The number of alkyl halides is 3. The van der Waals surface area contributed by atoms with Gasteiger partial charge in [-0.1, -0.05) is 66.7 Å². The third-order valence-corrected chi connectivity index (χ3v) is 5.77. The highest BCUT2D eigenvalue weighted by Gasteiger charge is 2.34. The van der Waals surface area contributed by atoms with Crippen LogP contribution in [0.5, 0.6) is 5.75 Å². The molecule has 0 radical (unpaired) electrons. The van der Waals surface area contributed by atoms with E-state index in [1.807, 2.05) is 24.3 Å². The summed E-state index contributed by atoms with van der Waals surface area (Å²) in [7, 11) is 1.20. The largest absolute Gasteiger partial charge is 0.496 e. The normalized spacial score (nSPS) is 12.9. The third kappa shape index (κ3) is 5.09. The number of methoxy groups -OCH3 is 1. The van der Waals surface area contributed by atoms with Gasteiger partial charge >= 0.3 is 12.3 Å². The van der Waals surface area contributed by atoms with Gasteiger partial charge in [-0.25, -0.2) is 4.79 Å². The van der Waals surface area contributed by atoms with Crippen LogP contribution in [0.15, 0.2) is 72.8 Å². The highest BCUT2D eigenvalue weighted by molar-refractivity contribution is 5.79. The van der Waals surface area contributed by atoms with Gasteiger partial charge < -0.3 is 14.8 Å². The van der Waals surface area contributed by atoms with Gasteiger partial charge in [-0.2, -0.15) is 13.2 Å². The fraction of sp³-hybridized carbons (Fsp3) is 0.222. The van der Waals surface area contributed by atoms with E-state index in [1.54, 1.807) is 12.2 Å². The van der Waals surface area contributed by atoms with Crippen molar-refractivity contribution in [2.45, 2.75) is 18.5 Å². The molecule has 34 heavy (non-hydrogen) atoms. The zero-order valence-corrected chi connectivity index (χ0v) is 18.6. The van der Waals surface area contributed by atoms with Crippen molar-refractivity contribution in [3.05, 3.63) is 95.1 Å². The van der Waals surface area contributed by atoms with Gasteiger partial charge in [0.25, 0.3) is 0 Å². The number of alkyl carbamates (subject to hydrolysis) is 1. The van der Waals surface area contributed by atoms with Gasteiger partial charge in [0, 0.05) is 12.5 Å². The van der Waals surface area contributed by atoms with E-state index in [0.717, 1.165) is 28.3 Å². The minimum atomic E-state index is -4.47. The maximum Gasteiger partial charge on any atom is 0.419 e. The summed E-state index contributed by atoms with van der Waals surface area (Å²) in [6, 6.07) is 19.9. The average Bonchev–Trinajstić information content (AvgIpc) is 3.15. The van der Waals surface area contributed by atoms with Crippen molar-refractivity contribution in [2.24, 2.45) is 0 Å². The first kappa shape index (κ1) is 23.4. The van der Waals surface area contributed by atoms with Crippen molar-refractivity contribution in [2.75, 3.05) is 20.3 Å². The van der Waals surface area contributed by atoms with Gasteiger partial charge in [0.1, 0.15) is 12.4 Å². The molecule has 0 heterocycles. The Morgan fingerprint density at radius 1 is 1.00 bits per heavy atom. The molecule has 176 valence electrons. The Hall–Kier alpha value is -3.74. The van der Waals surface area contributed by atoms with Gasteiger partial charge in [-0.15, -0.1) is 0 Å². The molecule has 0 saturated heterocycles. The molecule has 1 N–H and O–H groups in total. The number of hydrogen-bond donors (Lipinski definition) is 1. The number of carbonyl (C=O) groups excluding carboxylic acids is 1. The molecule has 0 atom stereocenters. The maximum atomic E-state index is 13.0. The fourth-order valence-corrected chi connectivity index (χ4v) is 4.17. The van der Waals surface area contributed by atoms with Crippen LogP contribution < -0.4 is 10.1 Å². The summed E-state index contributed by atoms with van der Waals surface area (Å²) in [6.45, 7) is 0.575. The fourth-order valence-electron chi connectivity index (χ4n) is 4.17. The molecule has 0 saturated carbocycles. The molecular weight excluding hydrogens is 443 g/mol. The van der Waals surface area contributed by atoms with Crippen LogP contribution in [0, 0.1) is 0 Å². The monoisotopic (exact) mass is 467 g/mol. The number of hydrogen-bond acceptors (Lipinski definition) is 3. The quantitative estimate of drug-likeness (QED) is 0.396. The molecule has 0 spiro atoms. The number of halogens is 3. The topological polar surface area (TPSA) is 47.6 Å². The minimum Gasteiger partial charge on any atom is -0.496 e. The lowest BCUT2D eigenvalue weighted by atomic mass is 9.98. The number of benzene rings is 3. The summed E-state index contributed by atoms with van der Waals surface area (Å²) in [6.07, 6.45) is -1.03. The second-order valence-electron chi connectivity index (χ2n) is 7.90. The molecule has 4 nitrogen and oxygen atoms in total. The molecular formula is C27H24F3NO3. The predicted octanol–water partition coefficient (Wildman–Crippen LogP) is 6.66. The first-order valence-electron chi connectivity index (χ1n) is 10.9. The van der Waals surface area contributed by atoms with Gasteiger partial charge in [-0.05, 0) is 46.4 Å². The highest BCUT2D eigenvalue weighted by Crippen LogP contribution is 2.44. The van der Waals surface area contributed by atoms with E-state index in [9.17, 15) is 18.0 Å². The number of amides is 1. The second kappa shape index (κ2) is 10.0. The lowest BCUT2D eigenvalue weighted by molar-refractivity contribution is -0.138. The number of carbonyl (C=O) groups is 1. The number of ether oxygens (including phenoxy) is 2. The van der Waals surface area contributed by atoms with Crippen LogP contribution in [0.4, 0.5) is 18.0 Å². The van der Waals surface area contributed by atoms with Crippen LogP contribution >= 0.6 is 0 Å². The highest BCUT2D eigenvalue weighted by atomic mass is 19.4. The van der Waals surface area contributed by atoms with Crippen LogP contribution in [0.2, 0.25) is 0 Å². The molecule has 3 aromatic rings. The molecule has 1 amide bonds. The first-order chi connectivity index (χ1) is 16.4. The predicted molar refractivity (Wildman–Crippen MR) is 125 cm³/mol. The minimum absolute atomic E-state index is 0.00676. The van der Waals surface area contributed by atoms with E-state index in [2.05, 4.69) is 29.6 Å². The Morgan fingerprint density at radius 3 is 2.26 bits per heavy atom. The maximum absolute atomic E-state index is 13.0. The van der Waals surface area contributed by atoms with Gasteiger partial charge in [0.15, 0.2) is 0 Å². The average molecular weight is 467 g/mol. The van der Waals surface area contributed by atoms with Gasteiger partial charge in [-0.3, -0.25) is 0 Å².